The number of rotatable bonds is 5. The molecule has 126 valence electrons. The van der Waals surface area contributed by atoms with Gasteiger partial charge in [-0.1, -0.05) is 29.8 Å². The summed E-state index contributed by atoms with van der Waals surface area (Å²) in [4.78, 5) is 23.7. The van der Waals surface area contributed by atoms with Crippen LogP contribution >= 0.6 is 11.6 Å². The van der Waals surface area contributed by atoms with Gasteiger partial charge >= 0.3 is 5.97 Å². The smallest absolute Gasteiger partial charge is 0.342 e. The second-order valence-electron chi connectivity index (χ2n) is 5.09. The minimum absolute atomic E-state index is 0.139. The topological polar surface area (TPSA) is 95.9 Å². The molecule has 0 heterocycles. The number of carbonyl (C=O) groups excluding carboxylic acids is 2. The fraction of sp³-hybridized carbons (Fsp3) is 0.176. The Bertz CT molecular complexity index is 762. The van der Waals surface area contributed by atoms with Crippen LogP contribution in [0.5, 0.6) is 11.5 Å². The average Bonchev–Trinajstić information content (AvgIpc) is 2.53. The van der Waals surface area contributed by atoms with Gasteiger partial charge in [0.05, 0.1) is 6.04 Å². The van der Waals surface area contributed by atoms with Gasteiger partial charge in [0.1, 0.15) is 17.1 Å². The fourth-order valence-corrected chi connectivity index (χ4v) is 2.39. The van der Waals surface area contributed by atoms with Crippen LogP contribution in [0, 0.1) is 0 Å². The summed E-state index contributed by atoms with van der Waals surface area (Å²) in [5, 5.41) is 21.9. The maximum atomic E-state index is 11.9. The molecule has 0 bridgehead atoms. The highest BCUT2D eigenvalue weighted by molar-refractivity contribution is 6.31. The highest BCUT2D eigenvalue weighted by Crippen LogP contribution is 2.23. The molecular weight excluding hydrogens is 334 g/mol. The lowest BCUT2D eigenvalue weighted by Crippen LogP contribution is -2.31. The zero-order chi connectivity index (χ0) is 17.7. The molecule has 0 radical (unpaired) electrons. The monoisotopic (exact) mass is 349 g/mol. The zero-order valence-electron chi connectivity index (χ0n) is 12.8. The van der Waals surface area contributed by atoms with Gasteiger partial charge in [-0.25, -0.2) is 4.79 Å². The van der Waals surface area contributed by atoms with E-state index in [1.807, 2.05) is 0 Å². The number of hydrogen-bond donors (Lipinski definition) is 3. The van der Waals surface area contributed by atoms with E-state index < -0.39 is 24.2 Å². The number of phenolic OH excluding ortho intramolecular Hbond substituents is 2. The van der Waals surface area contributed by atoms with E-state index in [9.17, 15) is 19.8 Å². The number of benzene rings is 2. The molecule has 6 nitrogen and oxygen atoms in total. The summed E-state index contributed by atoms with van der Waals surface area (Å²) in [6.45, 7) is 1.25. The second-order valence-corrected chi connectivity index (χ2v) is 5.50. The highest BCUT2D eigenvalue weighted by Gasteiger charge is 2.17. The molecule has 2 aromatic carbocycles. The van der Waals surface area contributed by atoms with E-state index >= 15 is 0 Å². The Kier molecular flexibility index (Phi) is 5.65. The second kappa shape index (κ2) is 7.70. The van der Waals surface area contributed by atoms with Gasteiger partial charge in [0.15, 0.2) is 6.61 Å². The van der Waals surface area contributed by atoms with Crippen LogP contribution in [0.1, 0.15) is 28.9 Å². The van der Waals surface area contributed by atoms with Crippen LogP contribution < -0.4 is 5.32 Å². The minimum atomic E-state index is -0.868. The standard InChI is InChI=1S/C17H16ClNO5/c1-10(12-4-2-3-5-14(12)18)19-16(22)9-24-17(23)13-7-6-11(20)8-15(13)21/h2-8,10,20-21H,9H2,1H3,(H,19,22)/t10-/m0/s1. The summed E-state index contributed by atoms with van der Waals surface area (Å²) in [7, 11) is 0. The number of phenols is 2. The summed E-state index contributed by atoms with van der Waals surface area (Å²) >= 11 is 6.06. The predicted molar refractivity (Wildman–Crippen MR) is 88.1 cm³/mol. The number of carbonyl (C=O) groups is 2. The third-order valence-electron chi connectivity index (χ3n) is 3.28. The van der Waals surface area contributed by atoms with Gasteiger partial charge in [-0.15, -0.1) is 0 Å². The summed E-state index contributed by atoms with van der Waals surface area (Å²) < 4.78 is 4.85. The van der Waals surface area contributed by atoms with Crippen molar-refractivity contribution < 1.29 is 24.5 Å². The molecule has 0 aliphatic carbocycles. The lowest BCUT2D eigenvalue weighted by Gasteiger charge is -2.15. The van der Waals surface area contributed by atoms with Crippen LogP contribution in [0.25, 0.3) is 0 Å². The molecule has 0 aliphatic rings. The van der Waals surface area contributed by atoms with Gasteiger partial charge in [0.25, 0.3) is 5.91 Å². The van der Waals surface area contributed by atoms with Crippen molar-refractivity contribution >= 4 is 23.5 Å². The van der Waals surface area contributed by atoms with Gasteiger partial charge in [-0.2, -0.15) is 0 Å². The molecule has 1 amide bonds. The first-order valence-corrected chi connectivity index (χ1v) is 7.49. The van der Waals surface area contributed by atoms with Gasteiger partial charge in [-0.05, 0) is 30.7 Å². The molecule has 3 N–H and O–H groups in total. The number of halogens is 1. The summed E-state index contributed by atoms with van der Waals surface area (Å²) in [6.07, 6.45) is 0. The van der Waals surface area contributed by atoms with E-state index in [1.165, 1.54) is 12.1 Å². The molecule has 0 saturated carbocycles. The van der Waals surface area contributed by atoms with E-state index in [4.69, 9.17) is 16.3 Å². The van der Waals surface area contributed by atoms with Crippen molar-refractivity contribution in [2.24, 2.45) is 0 Å². The molecule has 0 spiro atoms. The molecule has 0 unspecified atom stereocenters. The number of esters is 1. The van der Waals surface area contributed by atoms with Crippen LogP contribution in [0.15, 0.2) is 42.5 Å². The Morgan fingerprint density at radius 1 is 1.21 bits per heavy atom. The fourth-order valence-electron chi connectivity index (χ4n) is 2.09. The first kappa shape index (κ1) is 17.6. The molecule has 7 heteroatoms. The van der Waals surface area contributed by atoms with Gasteiger partial charge in [0, 0.05) is 11.1 Å². The molecule has 2 aromatic rings. The summed E-state index contributed by atoms with van der Waals surface area (Å²) in [6, 6.07) is 10.2. The predicted octanol–water partition coefficient (Wildman–Crippen LogP) is 2.79. The van der Waals surface area contributed by atoms with E-state index in [1.54, 1.807) is 31.2 Å². The van der Waals surface area contributed by atoms with Crippen LogP contribution in [0.2, 0.25) is 5.02 Å². The maximum absolute atomic E-state index is 11.9. The molecular formula is C17H16ClNO5. The van der Waals surface area contributed by atoms with E-state index in [-0.39, 0.29) is 17.4 Å². The lowest BCUT2D eigenvalue weighted by atomic mass is 10.1. The van der Waals surface area contributed by atoms with E-state index in [0.717, 1.165) is 11.6 Å². The largest absolute Gasteiger partial charge is 0.508 e. The number of ether oxygens (including phenoxy) is 1. The normalized spacial score (nSPS) is 11.6. The molecule has 24 heavy (non-hydrogen) atoms. The van der Waals surface area contributed by atoms with Crippen molar-refractivity contribution in [3.05, 3.63) is 58.6 Å². The highest BCUT2D eigenvalue weighted by atomic mass is 35.5. The SMILES string of the molecule is C[C@H](NC(=O)COC(=O)c1ccc(O)cc1O)c1ccccc1Cl. The molecule has 0 aromatic heterocycles. The zero-order valence-corrected chi connectivity index (χ0v) is 13.6. The number of hydrogen-bond acceptors (Lipinski definition) is 5. The Hall–Kier alpha value is -2.73. The minimum Gasteiger partial charge on any atom is -0.508 e. The molecule has 1 atom stereocenters. The Balaban J connectivity index is 1.91. The van der Waals surface area contributed by atoms with Crippen molar-refractivity contribution in [3.8, 4) is 11.5 Å². The van der Waals surface area contributed by atoms with E-state index in [2.05, 4.69) is 5.32 Å². The number of amides is 1. The average molecular weight is 350 g/mol. The van der Waals surface area contributed by atoms with Crippen molar-refractivity contribution in [3.63, 3.8) is 0 Å². The number of aromatic hydroxyl groups is 2. The van der Waals surface area contributed by atoms with Crippen LogP contribution in [-0.4, -0.2) is 28.7 Å². The first-order chi connectivity index (χ1) is 11.4. The Labute approximate surface area is 143 Å². The van der Waals surface area contributed by atoms with Crippen molar-refractivity contribution in [2.75, 3.05) is 6.61 Å². The van der Waals surface area contributed by atoms with Gasteiger partial charge in [-0.3, -0.25) is 4.79 Å². The quantitative estimate of drug-likeness (QED) is 0.721. The molecule has 2 rings (SSSR count). The third-order valence-corrected chi connectivity index (χ3v) is 3.63. The number of nitrogens with one attached hydrogen (secondary N) is 1. The van der Waals surface area contributed by atoms with Crippen LogP contribution in [0.3, 0.4) is 0 Å². The maximum Gasteiger partial charge on any atom is 0.342 e. The first-order valence-electron chi connectivity index (χ1n) is 7.11. The summed E-state index contributed by atoms with van der Waals surface area (Å²) in [5.74, 6) is -1.98. The molecule has 0 fully saturated rings. The van der Waals surface area contributed by atoms with Gasteiger partial charge < -0.3 is 20.3 Å². The van der Waals surface area contributed by atoms with Crippen molar-refractivity contribution in [1.29, 1.82) is 0 Å². The summed E-state index contributed by atoms with van der Waals surface area (Å²) in [5.41, 5.74) is 0.606. The Morgan fingerprint density at radius 3 is 2.58 bits per heavy atom. The van der Waals surface area contributed by atoms with Crippen molar-refractivity contribution in [1.82, 2.24) is 5.32 Å². The van der Waals surface area contributed by atoms with E-state index in [0.29, 0.717) is 5.02 Å². The lowest BCUT2D eigenvalue weighted by molar-refractivity contribution is -0.124. The Morgan fingerprint density at radius 2 is 1.92 bits per heavy atom. The van der Waals surface area contributed by atoms with Crippen molar-refractivity contribution in [2.45, 2.75) is 13.0 Å². The van der Waals surface area contributed by atoms with Crippen LogP contribution in [0.4, 0.5) is 0 Å². The third kappa shape index (κ3) is 4.39. The molecule has 0 aliphatic heterocycles. The molecule has 0 saturated heterocycles. The van der Waals surface area contributed by atoms with Gasteiger partial charge in [0.2, 0.25) is 0 Å². The van der Waals surface area contributed by atoms with Crippen LogP contribution in [-0.2, 0) is 9.53 Å².